The predicted octanol–water partition coefficient (Wildman–Crippen LogP) is 2.27. The molecule has 1 unspecified atom stereocenters. The van der Waals surface area contributed by atoms with Crippen LogP contribution in [0.5, 0.6) is 5.75 Å². The van der Waals surface area contributed by atoms with E-state index >= 15 is 0 Å². The lowest BCUT2D eigenvalue weighted by Crippen LogP contribution is -2.36. The van der Waals surface area contributed by atoms with Crippen LogP contribution in [-0.4, -0.2) is 55.5 Å². The zero-order valence-electron chi connectivity index (χ0n) is 17.7. The van der Waals surface area contributed by atoms with Crippen molar-refractivity contribution in [2.75, 3.05) is 26.7 Å². The van der Waals surface area contributed by atoms with Crippen molar-refractivity contribution in [1.29, 1.82) is 0 Å². The van der Waals surface area contributed by atoms with Crippen molar-refractivity contribution in [3.05, 3.63) is 29.8 Å². The highest BCUT2D eigenvalue weighted by molar-refractivity contribution is 5.81. The van der Waals surface area contributed by atoms with Gasteiger partial charge in [-0.05, 0) is 38.5 Å². The number of carbonyl (C=O) groups is 3. The van der Waals surface area contributed by atoms with E-state index in [1.807, 2.05) is 13.8 Å². The second-order valence-electron chi connectivity index (χ2n) is 6.64. The predicted molar refractivity (Wildman–Crippen MR) is 108 cm³/mol. The van der Waals surface area contributed by atoms with Gasteiger partial charge in [0.1, 0.15) is 30.3 Å². The van der Waals surface area contributed by atoms with Gasteiger partial charge in [0.15, 0.2) is 0 Å². The number of aldehydes is 1. The number of ether oxygens (including phenoxy) is 2. The van der Waals surface area contributed by atoms with Crippen LogP contribution in [0.15, 0.2) is 24.3 Å². The fourth-order valence-electron chi connectivity index (χ4n) is 2.09. The molecule has 0 radical (unpaired) electrons. The molecular weight excluding hydrogens is 362 g/mol. The van der Waals surface area contributed by atoms with Gasteiger partial charge >= 0.3 is 6.09 Å². The lowest BCUT2D eigenvalue weighted by Gasteiger charge is -2.23. The first kappa shape index (κ1) is 25.4. The van der Waals surface area contributed by atoms with Gasteiger partial charge in [0, 0.05) is 7.05 Å². The number of nitrogens with one attached hydrogen (secondary N) is 1. The normalized spacial score (nSPS) is 11.4. The number of amides is 2. The zero-order chi connectivity index (χ0) is 21.7. The van der Waals surface area contributed by atoms with Crippen LogP contribution in [0.2, 0.25) is 0 Å². The standard InChI is InChI=1S/C18H27N3O5.C2H6/c1-18(2,3)26-17(24)20-9-10-25-14-7-5-13(6-8-14)15(12-22)21(4)16(23)11-19;1-2/h5-8,12,15H,9-11,19H2,1-4H3,(H,20,24);1-2H3. The molecule has 0 aliphatic rings. The molecule has 0 fully saturated rings. The average molecular weight is 396 g/mol. The molecule has 0 aliphatic carbocycles. The molecule has 0 bridgehead atoms. The van der Waals surface area contributed by atoms with E-state index < -0.39 is 17.7 Å². The maximum absolute atomic E-state index is 11.6. The highest BCUT2D eigenvalue weighted by atomic mass is 16.6. The molecule has 0 saturated carbocycles. The maximum atomic E-state index is 11.6. The third kappa shape index (κ3) is 9.36. The maximum Gasteiger partial charge on any atom is 0.407 e. The van der Waals surface area contributed by atoms with Crippen molar-refractivity contribution < 1.29 is 23.9 Å². The first-order valence-electron chi connectivity index (χ1n) is 9.28. The molecule has 158 valence electrons. The smallest absolute Gasteiger partial charge is 0.407 e. The van der Waals surface area contributed by atoms with Gasteiger partial charge in [-0.3, -0.25) is 4.79 Å². The fourth-order valence-corrected chi connectivity index (χ4v) is 2.09. The first-order chi connectivity index (χ1) is 13.2. The van der Waals surface area contributed by atoms with Crippen LogP contribution >= 0.6 is 0 Å². The van der Waals surface area contributed by atoms with Crippen molar-refractivity contribution in [2.24, 2.45) is 5.73 Å². The second-order valence-corrected chi connectivity index (χ2v) is 6.64. The van der Waals surface area contributed by atoms with Crippen molar-refractivity contribution in [2.45, 2.75) is 46.3 Å². The van der Waals surface area contributed by atoms with Gasteiger partial charge in [0.05, 0.1) is 13.1 Å². The van der Waals surface area contributed by atoms with Crippen LogP contribution in [-0.2, 0) is 14.3 Å². The number of benzene rings is 1. The van der Waals surface area contributed by atoms with E-state index in [1.54, 1.807) is 45.0 Å². The fraction of sp³-hybridized carbons (Fsp3) is 0.550. The first-order valence-corrected chi connectivity index (χ1v) is 9.28. The Labute approximate surface area is 167 Å². The van der Waals surface area contributed by atoms with Crippen LogP contribution in [0.3, 0.4) is 0 Å². The van der Waals surface area contributed by atoms with Crippen LogP contribution in [0.25, 0.3) is 0 Å². The molecule has 0 aliphatic heterocycles. The number of rotatable bonds is 8. The number of alkyl carbamates (subject to hydrolysis) is 1. The molecule has 8 heteroatoms. The molecule has 0 heterocycles. The Hall–Kier alpha value is -2.61. The van der Waals surface area contributed by atoms with Crippen LogP contribution in [0.4, 0.5) is 4.79 Å². The molecular formula is C20H33N3O5. The third-order valence-electron chi connectivity index (χ3n) is 3.37. The molecule has 0 saturated heterocycles. The lowest BCUT2D eigenvalue weighted by molar-refractivity contribution is -0.133. The Balaban J connectivity index is 0.00000352. The van der Waals surface area contributed by atoms with Crippen molar-refractivity contribution in [3.8, 4) is 5.75 Å². The SMILES string of the molecule is CC.CN(C(=O)CN)C(C=O)c1ccc(OCCNC(=O)OC(C)(C)C)cc1. The minimum atomic E-state index is -0.700. The topological polar surface area (TPSA) is 111 Å². The zero-order valence-corrected chi connectivity index (χ0v) is 17.7. The molecule has 1 rings (SSSR count). The summed E-state index contributed by atoms with van der Waals surface area (Å²) in [6.45, 7) is 9.76. The Kier molecular flexibility index (Phi) is 11.5. The largest absolute Gasteiger partial charge is 0.492 e. The molecule has 8 nitrogen and oxygen atoms in total. The van der Waals surface area contributed by atoms with E-state index in [4.69, 9.17) is 15.2 Å². The van der Waals surface area contributed by atoms with Gasteiger partial charge < -0.3 is 30.2 Å². The monoisotopic (exact) mass is 395 g/mol. The molecule has 2 amide bonds. The minimum Gasteiger partial charge on any atom is -0.492 e. The summed E-state index contributed by atoms with van der Waals surface area (Å²) in [6.07, 6.45) is 0.187. The molecule has 28 heavy (non-hydrogen) atoms. The molecule has 1 aromatic carbocycles. The Morgan fingerprint density at radius 3 is 2.25 bits per heavy atom. The van der Waals surface area contributed by atoms with Gasteiger partial charge in [-0.15, -0.1) is 0 Å². The summed E-state index contributed by atoms with van der Waals surface area (Å²) >= 11 is 0. The van der Waals surface area contributed by atoms with Crippen LogP contribution in [0, 0.1) is 0 Å². The summed E-state index contributed by atoms with van der Waals surface area (Å²) in [5.74, 6) is 0.257. The summed E-state index contributed by atoms with van der Waals surface area (Å²) < 4.78 is 10.6. The number of hydrogen-bond acceptors (Lipinski definition) is 6. The second kappa shape index (κ2) is 12.7. The van der Waals surface area contributed by atoms with Gasteiger partial charge in [-0.2, -0.15) is 0 Å². The van der Waals surface area contributed by atoms with Crippen molar-refractivity contribution in [1.82, 2.24) is 10.2 Å². The van der Waals surface area contributed by atoms with Crippen molar-refractivity contribution >= 4 is 18.3 Å². The summed E-state index contributed by atoms with van der Waals surface area (Å²) in [5, 5.41) is 2.59. The minimum absolute atomic E-state index is 0.160. The van der Waals surface area contributed by atoms with Crippen molar-refractivity contribution in [3.63, 3.8) is 0 Å². The van der Waals surface area contributed by atoms with Gasteiger partial charge in [-0.25, -0.2) is 4.79 Å². The van der Waals surface area contributed by atoms with E-state index in [0.29, 0.717) is 24.1 Å². The van der Waals surface area contributed by atoms with E-state index in [1.165, 1.54) is 11.9 Å². The summed E-state index contributed by atoms with van der Waals surface area (Å²) in [4.78, 5) is 35.8. The number of hydrogen-bond donors (Lipinski definition) is 2. The highest BCUT2D eigenvalue weighted by Gasteiger charge is 2.20. The highest BCUT2D eigenvalue weighted by Crippen LogP contribution is 2.20. The Morgan fingerprint density at radius 1 is 1.21 bits per heavy atom. The Bertz CT molecular complexity index is 611. The van der Waals surface area contributed by atoms with Crippen LogP contribution in [0.1, 0.15) is 46.2 Å². The molecule has 3 N–H and O–H groups in total. The van der Waals surface area contributed by atoms with E-state index in [0.717, 1.165) is 0 Å². The number of carbonyl (C=O) groups excluding carboxylic acids is 3. The van der Waals surface area contributed by atoms with E-state index in [2.05, 4.69) is 5.32 Å². The van der Waals surface area contributed by atoms with Crippen LogP contribution < -0.4 is 15.8 Å². The summed E-state index contributed by atoms with van der Waals surface area (Å²) in [5.41, 5.74) is 5.43. The molecule has 1 atom stereocenters. The van der Waals surface area contributed by atoms with Gasteiger partial charge in [0.2, 0.25) is 5.91 Å². The van der Waals surface area contributed by atoms with Gasteiger partial charge in [0.25, 0.3) is 0 Å². The lowest BCUT2D eigenvalue weighted by atomic mass is 10.1. The van der Waals surface area contributed by atoms with E-state index in [9.17, 15) is 14.4 Å². The number of nitrogens with zero attached hydrogens (tertiary/aromatic N) is 1. The summed E-state index contributed by atoms with van der Waals surface area (Å²) in [6, 6.07) is 6.10. The molecule has 0 spiro atoms. The van der Waals surface area contributed by atoms with E-state index in [-0.39, 0.29) is 19.1 Å². The molecule has 1 aromatic rings. The van der Waals surface area contributed by atoms with Gasteiger partial charge in [-0.1, -0.05) is 26.0 Å². The quantitative estimate of drug-likeness (QED) is 0.516. The molecule has 0 aromatic heterocycles. The average Bonchev–Trinajstić information content (AvgIpc) is 2.66. The number of nitrogens with two attached hydrogens (primary N) is 1. The Morgan fingerprint density at radius 2 is 1.79 bits per heavy atom. The third-order valence-corrected chi connectivity index (χ3v) is 3.37. The summed E-state index contributed by atoms with van der Waals surface area (Å²) in [7, 11) is 1.53. The number of likely N-dealkylation sites (N-methyl/N-ethyl adjacent to an activating group) is 1.